The molecule has 1 amide bonds. The minimum Gasteiger partial charge on any atom is -0.268 e. The van der Waals surface area contributed by atoms with Crippen LogP contribution in [0.2, 0.25) is 0 Å². The number of benzene rings is 1. The fraction of sp³-hybridized carbons (Fsp3) is 0. The van der Waals surface area contributed by atoms with Crippen LogP contribution in [0.5, 0.6) is 0 Å². The number of nitrogens with one attached hydrogen (secondary N) is 1. The Labute approximate surface area is 115 Å². The van der Waals surface area contributed by atoms with Gasteiger partial charge in [0.1, 0.15) is 0 Å². The third-order valence-corrected chi connectivity index (χ3v) is 3.44. The number of carbonyl (C=O) groups excluding carboxylic acids is 1. The summed E-state index contributed by atoms with van der Waals surface area (Å²) in [5.74, 6) is -0.123. The number of hydrogen-bond acceptors (Lipinski definition) is 1. The van der Waals surface area contributed by atoms with Crippen molar-refractivity contribution >= 4 is 44.4 Å². The number of rotatable bonds is 2. The summed E-state index contributed by atoms with van der Waals surface area (Å²) in [5, 5.41) is 0. The Morgan fingerprint density at radius 3 is 2.69 bits per heavy atom. The average Bonchev–Trinajstić information content (AvgIpc) is 2.74. The molecule has 3 nitrogen and oxygen atoms in total. The highest BCUT2D eigenvalue weighted by molar-refractivity contribution is 14.1. The van der Waals surface area contributed by atoms with Crippen LogP contribution in [0.1, 0.15) is 10.4 Å². The molecule has 0 spiro atoms. The van der Waals surface area contributed by atoms with E-state index in [1.165, 1.54) is 0 Å². The average molecular weight is 391 g/mol. The molecule has 0 aliphatic carbocycles. The number of hydrogen-bond donors (Lipinski definition) is 1. The maximum absolute atomic E-state index is 11.9. The molecule has 1 N–H and O–H groups in total. The highest BCUT2D eigenvalue weighted by Crippen LogP contribution is 2.18. The Bertz CT molecular complexity index is 511. The molecular formula is C11H8BrIN2O. The van der Waals surface area contributed by atoms with Gasteiger partial charge < -0.3 is 0 Å². The summed E-state index contributed by atoms with van der Waals surface area (Å²) in [5.41, 5.74) is 3.41. The fourth-order valence-corrected chi connectivity index (χ4v) is 2.20. The van der Waals surface area contributed by atoms with Crippen LogP contribution >= 0.6 is 38.5 Å². The van der Waals surface area contributed by atoms with E-state index in [1.54, 1.807) is 23.1 Å². The lowest BCUT2D eigenvalue weighted by Gasteiger charge is -2.07. The Hall–Kier alpha value is -0.820. The number of nitrogens with zero attached hydrogens (tertiary/aromatic N) is 1. The summed E-state index contributed by atoms with van der Waals surface area (Å²) in [7, 11) is 0. The maximum atomic E-state index is 11.9. The van der Waals surface area contributed by atoms with Crippen LogP contribution in [-0.2, 0) is 0 Å². The van der Waals surface area contributed by atoms with Crippen molar-refractivity contribution in [2.75, 3.05) is 5.43 Å². The molecule has 0 aliphatic heterocycles. The molecule has 0 radical (unpaired) electrons. The fourth-order valence-electron chi connectivity index (χ4n) is 1.26. The Morgan fingerprint density at radius 1 is 1.31 bits per heavy atom. The van der Waals surface area contributed by atoms with Crippen molar-refractivity contribution < 1.29 is 4.79 Å². The first-order valence-corrected chi connectivity index (χ1v) is 6.43. The largest absolute Gasteiger partial charge is 0.271 e. The molecule has 0 unspecified atom stereocenters. The number of carbonyl (C=O) groups is 1. The van der Waals surface area contributed by atoms with Gasteiger partial charge in [0.15, 0.2) is 0 Å². The second kappa shape index (κ2) is 5.01. The van der Waals surface area contributed by atoms with E-state index in [9.17, 15) is 4.79 Å². The van der Waals surface area contributed by atoms with Gasteiger partial charge >= 0.3 is 0 Å². The van der Waals surface area contributed by atoms with E-state index in [1.807, 2.05) is 24.3 Å². The zero-order valence-electron chi connectivity index (χ0n) is 8.15. The predicted molar refractivity (Wildman–Crippen MR) is 75.0 cm³/mol. The normalized spacial score (nSPS) is 10.1. The highest BCUT2D eigenvalue weighted by atomic mass is 127. The minimum absolute atomic E-state index is 0.123. The monoisotopic (exact) mass is 390 g/mol. The molecule has 2 rings (SSSR count). The smallest absolute Gasteiger partial charge is 0.268 e. The third kappa shape index (κ3) is 2.65. The lowest BCUT2D eigenvalue weighted by Crippen LogP contribution is -2.22. The van der Waals surface area contributed by atoms with E-state index in [0.717, 1.165) is 8.04 Å². The van der Waals surface area contributed by atoms with E-state index < -0.39 is 0 Å². The van der Waals surface area contributed by atoms with Crippen molar-refractivity contribution in [3.8, 4) is 0 Å². The van der Waals surface area contributed by atoms with Gasteiger partial charge in [0.05, 0.1) is 5.56 Å². The van der Waals surface area contributed by atoms with Crippen molar-refractivity contribution in [3.63, 3.8) is 0 Å². The van der Waals surface area contributed by atoms with Gasteiger partial charge in [0.25, 0.3) is 5.91 Å². The van der Waals surface area contributed by atoms with Crippen molar-refractivity contribution in [1.29, 1.82) is 0 Å². The van der Waals surface area contributed by atoms with Gasteiger partial charge in [-0.3, -0.25) is 14.9 Å². The third-order valence-electron chi connectivity index (χ3n) is 2.01. The van der Waals surface area contributed by atoms with Crippen molar-refractivity contribution in [2.45, 2.75) is 0 Å². The van der Waals surface area contributed by atoms with E-state index in [-0.39, 0.29) is 5.91 Å². The summed E-state index contributed by atoms with van der Waals surface area (Å²) >= 11 is 5.49. The van der Waals surface area contributed by atoms with Gasteiger partial charge in [-0.2, -0.15) is 0 Å². The lowest BCUT2D eigenvalue weighted by atomic mass is 10.2. The van der Waals surface area contributed by atoms with Gasteiger partial charge in [-0.05, 0) is 52.9 Å². The highest BCUT2D eigenvalue weighted by Gasteiger charge is 2.10. The first-order chi connectivity index (χ1) is 7.66. The van der Waals surface area contributed by atoms with Gasteiger partial charge in [0.2, 0.25) is 0 Å². The van der Waals surface area contributed by atoms with E-state index >= 15 is 0 Å². The molecule has 0 saturated heterocycles. The molecule has 0 saturated carbocycles. The maximum Gasteiger partial charge on any atom is 0.271 e. The molecule has 1 aromatic carbocycles. The van der Waals surface area contributed by atoms with Crippen LogP contribution in [0.15, 0.2) is 47.2 Å². The standard InChI is InChI=1S/C11H8BrIN2O/c12-8-3-4-10(13)9(7-8)11(16)14-15-5-1-2-6-15/h1-7H,(H,14,16). The zero-order valence-corrected chi connectivity index (χ0v) is 11.9. The Morgan fingerprint density at radius 2 is 2.00 bits per heavy atom. The van der Waals surface area contributed by atoms with Gasteiger partial charge in [-0.1, -0.05) is 15.9 Å². The van der Waals surface area contributed by atoms with Crippen LogP contribution in [0.4, 0.5) is 0 Å². The molecule has 0 fully saturated rings. The molecule has 1 heterocycles. The molecule has 1 aromatic heterocycles. The summed E-state index contributed by atoms with van der Waals surface area (Å²) < 4.78 is 3.44. The molecule has 2 aromatic rings. The summed E-state index contributed by atoms with van der Waals surface area (Å²) in [4.78, 5) is 11.9. The Kier molecular flexibility index (Phi) is 3.65. The van der Waals surface area contributed by atoms with Gasteiger partial charge in [0, 0.05) is 20.4 Å². The molecule has 5 heteroatoms. The predicted octanol–water partition coefficient (Wildman–Crippen LogP) is 3.24. The second-order valence-electron chi connectivity index (χ2n) is 3.16. The summed E-state index contributed by atoms with van der Waals surface area (Å²) in [6, 6.07) is 9.32. The zero-order chi connectivity index (χ0) is 11.5. The van der Waals surface area contributed by atoms with Crippen LogP contribution in [0.25, 0.3) is 0 Å². The molecule has 82 valence electrons. The quantitative estimate of drug-likeness (QED) is 0.785. The molecular weight excluding hydrogens is 383 g/mol. The van der Waals surface area contributed by atoms with Gasteiger partial charge in [-0.25, -0.2) is 0 Å². The SMILES string of the molecule is O=C(Nn1cccc1)c1cc(Br)ccc1I. The van der Waals surface area contributed by atoms with Crippen LogP contribution in [0.3, 0.4) is 0 Å². The Balaban J connectivity index is 2.24. The van der Waals surface area contributed by atoms with Crippen LogP contribution in [-0.4, -0.2) is 10.6 Å². The first-order valence-electron chi connectivity index (χ1n) is 4.56. The molecule has 0 bridgehead atoms. The van der Waals surface area contributed by atoms with E-state index in [0.29, 0.717) is 5.56 Å². The second-order valence-corrected chi connectivity index (χ2v) is 5.23. The summed E-state index contributed by atoms with van der Waals surface area (Å²) in [6.07, 6.45) is 3.56. The van der Waals surface area contributed by atoms with Crippen LogP contribution < -0.4 is 5.43 Å². The number of halogens is 2. The van der Waals surface area contributed by atoms with Gasteiger partial charge in [-0.15, -0.1) is 0 Å². The van der Waals surface area contributed by atoms with Crippen LogP contribution in [0, 0.1) is 3.57 Å². The van der Waals surface area contributed by atoms with E-state index in [4.69, 9.17) is 0 Å². The molecule has 0 aliphatic rings. The first kappa shape index (κ1) is 11.7. The lowest BCUT2D eigenvalue weighted by molar-refractivity contribution is 0.101. The topological polar surface area (TPSA) is 34.0 Å². The minimum atomic E-state index is -0.123. The number of aromatic nitrogens is 1. The van der Waals surface area contributed by atoms with Crippen molar-refractivity contribution in [2.24, 2.45) is 0 Å². The molecule has 16 heavy (non-hydrogen) atoms. The molecule has 0 atom stereocenters. The summed E-state index contributed by atoms with van der Waals surface area (Å²) in [6.45, 7) is 0. The number of amides is 1. The van der Waals surface area contributed by atoms with Crippen molar-refractivity contribution in [3.05, 3.63) is 56.3 Å². The van der Waals surface area contributed by atoms with E-state index in [2.05, 4.69) is 43.9 Å². The van der Waals surface area contributed by atoms with Crippen molar-refractivity contribution in [1.82, 2.24) is 4.68 Å².